The van der Waals surface area contributed by atoms with Gasteiger partial charge in [-0.1, -0.05) is 62.8 Å². The molecule has 0 bridgehead atoms. The van der Waals surface area contributed by atoms with E-state index in [0.717, 1.165) is 25.7 Å². The predicted molar refractivity (Wildman–Crippen MR) is 127 cm³/mol. The molecule has 0 aromatic heterocycles. The first-order valence-electron chi connectivity index (χ1n) is 11.4. The highest BCUT2D eigenvalue weighted by Crippen LogP contribution is 2.40. The van der Waals surface area contributed by atoms with Gasteiger partial charge in [0.2, 0.25) is 5.91 Å². The topological polar surface area (TPSA) is 49.6 Å². The Morgan fingerprint density at radius 1 is 1.30 bits per heavy atom. The van der Waals surface area contributed by atoms with Crippen LogP contribution >= 0.6 is 0 Å². The van der Waals surface area contributed by atoms with Crippen molar-refractivity contribution in [3.8, 4) is 0 Å². The predicted octanol–water partition coefficient (Wildman–Crippen LogP) is 4.64. The average molecular weight is 412 g/mol. The molecule has 4 atom stereocenters. The van der Waals surface area contributed by atoms with Crippen molar-refractivity contribution in [1.29, 1.82) is 0 Å². The number of hydrogen-bond donors (Lipinski definition) is 1. The summed E-state index contributed by atoms with van der Waals surface area (Å²) in [4.78, 5) is 17.3. The molecule has 4 heteroatoms. The lowest BCUT2D eigenvalue weighted by Gasteiger charge is -2.36. The molecule has 166 valence electrons. The minimum absolute atomic E-state index is 0.148. The molecule has 2 fully saturated rings. The number of carbonyl (C=O) groups excluding carboxylic acids is 1. The van der Waals surface area contributed by atoms with E-state index in [1.54, 1.807) is 0 Å². The second kappa shape index (κ2) is 10.4. The highest BCUT2D eigenvalue weighted by atomic mass is 16.2. The quantitative estimate of drug-likeness (QED) is 0.718. The summed E-state index contributed by atoms with van der Waals surface area (Å²) in [6.07, 6.45) is 6.27. The molecular formula is C26H41N3O. The number of likely N-dealkylation sites (N-methyl/N-ethyl adjacent to an activating group) is 1. The van der Waals surface area contributed by atoms with E-state index < -0.39 is 0 Å². The van der Waals surface area contributed by atoms with E-state index in [0.29, 0.717) is 19.0 Å². The fraction of sp³-hybridized carbons (Fsp3) is 0.577. The van der Waals surface area contributed by atoms with Crippen LogP contribution in [0.15, 0.2) is 49.1 Å². The first kappa shape index (κ1) is 24.4. The van der Waals surface area contributed by atoms with Crippen molar-refractivity contribution in [3.63, 3.8) is 0 Å². The van der Waals surface area contributed by atoms with E-state index >= 15 is 0 Å². The van der Waals surface area contributed by atoms with Crippen molar-refractivity contribution < 1.29 is 4.79 Å². The number of nitrogens with zero attached hydrogens (tertiary/aromatic N) is 2. The normalized spacial score (nSPS) is 28.8. The van der Waals surface area contributed by atoms with Crippen LogP contribution in [0, 0.1) is 12.8 Å². The summed E-state index contributed by atoms with van der Waals surface area (Å²) in [6, 6.07) is 8.73. The van der Waals surface area contributed by atoms with Gasteiger partial charge in [0.1, 0.15) is 0 Å². The Morgan fingerprint density at radius 3 is 2.57 bits per heavy atom. The zero-order valence-electron chi connectivity index (χ0n) is 19.7. The molecule has 0 spiro atoms. The van der Waals surface area contributed by atoms with Crippen LogP contribution in [-0.2, 0) is 10.2 Å². The zero-order valence-corrected chi connectivity index (χ0v) is 19.7. The number of amides is 1. The van der Waals surface area contributed by atoms with Gasteiger partial charge in [0.25, 0.3) is 0 Å². The second-order valence-corrected chi connectivity index (χ2v) is 8.85. The van der Waals surface area contributed by atoms with Gasteiger partial charge in [0, 0.05) is 24.4 Å². The van der Waals surface area contributed by atoms with Gasteiger partial charge in [0.05, 0.1) is 6.17 Å². The maximum Gasteiger partial charge on any atom is 0.224 e. The maximum atomic E-state index is 13.2. The number of nitrogens with two attached hydrogens (primary N) is 1. The fourth-order valence-electron chi connectivity index (χ4n) is 5.18. The first-order valence-corrected chi connectivity index (χ1v) is 11.4. The molecular weight excluding hydrogens is 370 g/mol. The van der Waals surface area contributed by atoms with Gasteiger partial charge in [-0.2, -0.15) is 0 Å². The van der Waals surface area contributed by atoms with Crippen LogP contribution in [0.25, 0.3) is 0 Å². The van der Waals surface area contributed by atoms with Gasteiger partial charge in [-0.05, 0) is 57.3 Å². The Kier molecular flexibility index (Phi) is 8.45. The monoisotopic (exact) mass is 411 g/mol. The Hall–Kier alpha value is -1.91. The first-order chi connectivity index (χ1) is 14.3. The molecule has 1 amide bonds. The van der Waals surface area contributed by atoms with Crippen LogP contribution in [0.5, 0.6) is 0 Å². The summed E-state index contributed by atoms with van der Waals surface area (Å²) < 4.78 is 0. The summed E-state index contributed by atoms with van der Waals surface area (Å²) in [6.45, 7) is 15.2. The molecule has 4 unspecified atom stereocenters. The van der Waals surface area contributed by atoms with E-state index in [1.807, 2.05) is 30.9 Å². The highest BCUT2D eigenvalue weighted by molar-refractivity contribution is 5.78. The molecule has 1 saturated carbocycles. The number of aryl methyl sites for hydroxylation is 1. The van der Waals surface area contributed by atoms with Gasteiger partial charge < -0.3 is 15.5 Å². The second-order valence-electron chi connectivity index (χ2n) is 8.85. The molecule has 1 aromatic rings. The molecule has 1 heterocycles. The smallest absolute Gasteiger partial charge is 0.224 e. The molecule has 30 heavy (non-hydrogen) atoms. The van der Waals surface area contributed by atoms with Gasteiger partial charge in [-0.3, -0.25) is 4.79 Å². The van der Waals surface area contributed by atoms with Gasteiger partial charge in [0.15, 0.2) is 0 Å². The maximum absolute atomic E-state index is 13.2. The Labute approximate surface area is 183 Å². The Morgan fingerprint density at radius 2 is 1.97 bits per heavy atom. The van der Waals surface area contributed by atoms with Crippen LogP contribution in [0.4, 0.5) is 0 Å². The number of rotatable bonds is 5. The highest BCUT2D eigenvalue weighted by Gasteiger charge is 2.44. The van der Waals surface area contributed by atoms with Crippen LogP contribution in [0.1, 0.15) is 57.1 Å². The lowest BCUT2D eigenvalue weighted by Crippen LogP contribution is -2.43. The molecule has 3 rings (SSSR count). The van der Waals surface area contributed by atoms with E-state index in [9.17, 15) is 4.79 Å². The summed E-state index contributed by atoms with van der Waals surface area (Å²) in [7, 11) is 4.19. The zero-order chi connectivity index (χ0) is 22.5. The van der Waals surface area contributed by atoms with Crippen molar-refractivity contribution in [2.45, 2.75) is 70.5 Å². The summed E-state index contributed by atoms with van der Waals surface area (Å²) in [5, 5.41) is 0. The SMILES string of the molecule is C=CC1(c2ccccc2C)CC(N)N(C(=O)CC2CCCC(N(C)C)C2=C)C1.CC. The summed E-state index contributed by atoms with van der Waals surface area (Å²) >= 11 is 0. The van der Waals surface area contributed by atoms with Crippen molar-refractivity contribution >= 4 is 5.91 Å². The average Bonchev–Trinajstić information content (AvgIpc) is 3.09. The number of benzene rings is 1. The van der Waals surface area contributed by atoms with Gasteiger partial charge in [-0.25, -0.2) is 0 Å². The third kappa shape index (κ3) is 4.87. The summed E-state index contributed by atoms with van der Waals surface area (Å²) in [5.41, 5.74) is 9.84. The van der Waals surface area contributed by atoms with Crippen molar-refractivity contribution in [2.75, 3.05) is 20.6 Å². The molecule has 1 aliphatic heterocycles. The van der Waals surface area contributed by atoms with Gasteiger partial charge >= 0.3 is 0 Å². The fourth-order valence-corrected chi connectivity index (χ4v) is 5.18. The van der Waals surface area contributed by atoms with Crippen molar-refractivity contribution in [1.82, 2.24) is 9.80 Å². The molecule has 1 aromatic carbocycles. The number of likely N-dealkylation sites (tertiary alicyclic amines) is 1. The molecule has 1 aliphatic carbocycles. The molecule has 2 N–H and O–H groups in total. The Bertz CT molecular complexity index is 756. The summed E-state index contributed by atoms with van der Waals surface area (Å²) in [5.74, 6) is 0.397. The number of carbonyl (C=O) groups is 1. The van der Waals surface area contributed by atoms with E-state index in [2.05, 4.69) is 57.3 Å². The standard InChI is InChI=1S/C24H35N3O.C2H6/c1-6-24(20-12-8-7-10-17(20)2)15-22(25)27(16-24)23(28)14-19-11-9-13-21(18(19)3)26(4)5;1-2/h6-8,10,12,19,21-22H,1,3,9,11,13-16,25H2,2,4-5H3;1-2H3. The van der Waals surface area contributed by atoms with Crippen molar-refractivity contribution in [2.24, 2.45) is 11.7 Å². The van der Waals surface area contributed by atoms with E-state index in [4.69, 9.17) is 5.73 Å². The lowest BCUT2D eigenvalue weighted by molar-refractivity contribution is -0.133. The van der Waals surface area contributed by atoms with Crippen LogP contribution < -0.4 is 5.73 Å². The molecule has 2 aliphatic rings. The minimum Gasteiger partial charge on any atom is -0.326 e. The molecule has 1 saturated heterocycles. The lowest BCUT2D eigenvalue weighted by atomic mass is 9.77. The van der Waals surface area contributed by atoms with Gasteiger partial charge in [-0.15, -0.1) is 6.58 Å². The largest absolute Gasteiger partial charge is 0.326 e. The van der Waals surface area contributed by atoms with Crippen LogP contribution in [0.3, 0.4) is 0 Å². The number of hydrogen-bond acceptors (Lipinski definition) is 3. The van der Waals surface area contributed by atoms with E-state index in [1.165, 1.54) is 16.7 Å². The van der Waals surface area contributed by atoms with E-state index in [-0.39, 0.29) is 23.4 Å². The minimum atomic E-state index is -0.272. The Balaban J connectivity index is 0.00000155. The third-order valence-electron chi connectivity index (χ3n) is 6.85. The molecule has 0 radical (unpaired) electrons. The van der Waals surface area contributed by atoms with Crippen LogP contribution in [0.2, 0.25) is 0 Å². The third-order valence-corrected chi connectivity index (χ3v) is 6.85. The van der Waals surface area contributed by atoms with Crippen molar-refractivity contribution in [3.05, 3.63) is 60.2 Å². The molecule has 4 nitrogen and oxygen atoms in total. The van der Waals surface area contributed by atoms with Crippen LogP contribution in [-0.4, -0.2) is 48.6 Å².